The number of nitrogens with one attached hydrogen (secondary N) is 2. The number of hydrogen-bond acceptors (Lipinski definition) is 7. The number of nitrogen functional groups attached to an aromatic ring is 1. The number of hydrogen-bond donors (Lipinski definition) is 4. The molecule has 2 amide bonds. The van der Waals surface area contributed by atoms with Gasteiger partial charge >= 0.3 is 12.2 Å². The number of carbonyl (C=O) groups excluding carboxylic acids is 1. The Morgan fingerprint density at radius 3 is 2.56 bits per heavy atom. The first kappa shape index (κ1) is 20.3. The first-order valence-corrected chi connectivity index (χ1v) is 9.07. The quantitative estimate of drug-likeness (QED) is 0.437. The molecule has 0 fully saturated rings. The van der Waals surface area contributed by atoms with Crippen LogP contribution in [0, 0.1) is 0 Å². The highest BCUT2D eigenvalue weighted by Crippen LogP contribution is 2.21. The lowest BCUT2D eigenvalue weighted by Gasteiger charge is -2.27. The summed E-state index contributed by atoms with van der Waals surface area (Å²) in [5.74, 6) is 0. The molecular formula is C17H23N5O4S. The fraction of sp³-hybridized carbons (Fsp3) is 0.353. The normalized spacial score (nSPS) is 10.9. The molecule has 1 aromatic heterocycles. The summed E-state index contributed by atoms with van der Waals surface area (Å²) in [4.78, 5) is 28.9. The van der Waals surface area contributed by atoms with Gasteiger partial charge in [0.1, 0.15) is 5.60 Å². The van der Waals surface area contributed by atoms with E-state index in [1.807, 2.05) is 5.43 Å². The maximum absolute atomic E-state index is 12.6. The van der Waals surface area contributed by atoms with Crippen molar-refractivity contribution in [3.63, 3.8) is 0 Å². The zero-order chi connectivity index (χ0) is 20.0. The zero-order valence-electron chi connectivity index (χ0n) is 15.4. The standard InChI is InChI=1S/C17H23N5O4S/c1-17(2,3)26-16(25)22(13-6-4-11(18)5-7-13)9-8-12-10-27-14(19-12)20-21-15(23)24/h4-7,10,21H,8-9,18H2,1-3H3,(H,19,20)(H,23,24). The summed E-state index contributed by atoms with van der Waals surface area (Å²) in [5, 5.41) is 10.8. The van der Waals surface area contributed by atoms with Crippen molar-refractivity contribution in [2.75, 3.05) is 22.6 Å². The van der Waals surface area contributed by atoms with Gasteiger partial charge in [-0.05, 0) is 45.0 Å². The lowest BCUT2D eigenvalue weighted by molar-refractivity contribution is 0.0580. The van der Waals surface area contributed by atoms with Crippen LogP contribution in [0.2, 0.25) is 0 Å². The third-order valence-corrected chi connectivity index (χ3v) is 4.04. The van der Waals surface area contributed by atoms with E-state index < -0.39 is 17.8 Å². The number of ether oxygens (including phenoxy) is 1. The van der Waals surface area contributed by atoms with Crippen LogP contribution in [0.25, 0.3) is 0 Å². The largest absolute Gasteiger partial charge is 0.464 e. The highest BCUT2D eigenvalue weighted by Gasteiger charge is 2.23. The molecule has 0 unspecified atom stereocenters. The van der Waals surface area contributed by atoms with Crippen LogP contribution in [0.5, 0.6) is 0 Å². The van der Waals surface area contributed by atoms with Gasteiger partial charge in [0.25, 0.3) is 0 Å². The minimum atomic E-state index is -1.20. The third kappa shape index (κ3) is 6.66. The second-order valence-electron chi connectivity index (χ2n) is 6.67. The van der Waals surface area contributed by atoms with Crippen molar-refractivity contribution in [3.8, 4) is 0 Å². The fourth-order valence-corrected chi connectivity index (χ4v) is 2.81. The molecule has 0 radical (unpaired) electrons. The predicted octanol–water partition coefficient (Wildman–Crippen LogP) is 3.30. The van der Waals surface area contributed by atoms with E-state index in [2.05, 4.69) is 10.4 Å². The number of hydrazine groups is 1. The number of benzene rings is 1. The van der Waals surface area contributed by atoms with Gasteiger partial charge in [-0.15, -0.1) is 11.3 Å². The number of amides is 2. The summed E-state index contributed by atoms with van der Waals surface area (Å²) in [6.45, 7) is 5.76. The molecule has 9 nitrogen and oxygen atoms in total. The number of rotatable bonds is 6. The molecule has 146 valence electrons. The lowest BCUT2D eigenvalue weighted by Crippen LogP contribution is -2.38. The summed E-state index contributed by atoms with van der Waals surface area (Å²) in [6.07, 6.45) is -1.20. The number of nitrogens with zero attached hydrogens (tertiary/aromatic N) is 2. The molecule has 0 atom stereocenters. The molecule has 0 bridgehead atoms. The molecule has 2 rings (SSSR count). The average molecular weight is 393 g/mol. The van der Waals surface area contributed by atoms with E-state index in [9.17, 15) is 9.59 Å². The maximum Gasteiger partial charge on any atom is 0.423 e. The highest BCUT2D eigenvalue weighted by atomic mass is 32.1. The number of nitrogens with two attached hydrogens (primary N) is 1. The van der Waals surface area contributed by atoms with E-state index >= 15 is 0 Å². The Morgan fingerprint density at radius 2 is 1.96 bits per heavy atom. The smallest absolute Gasteiger partial charge is 0.423 e. The number of thiazole rings is 1. The van der Waals surface area contributed by atoms with E-state index in [1.165, 1.54) is 16.2 Å². The Balaban J connectivity index is 2.08. The van der Waals surface area contributed by atoms with Crippen LogP contribution in [-0.2, 0) is 11.2 Å². The minimum Gasteiger partial charge on any atom is -0.464 e. The van der Waals surface area contributed by atoms with E-state index in [-0.39, 0.29) is 0 Å². The van der Waals surface area contributed by atoms with Crippen molar-refractivity contribution in [1.29, 1.82) is 0 Å². The Bertz CT molecular complexity index is 785. The predicted molar refractivity (Wildman–Crippen MR) is 105 cm³/mol. The number of aromatic nitrogens is 1. The molecule has 0 aliphatic carbocycles. The van der Waals surface area contributed by atoms with Crippen molar-refractivity contribution < 1.29 is 19.4 Å². The van der Waals surface area contributed by atoms with Gasteiger partial charge in [0.05, 0.1) is 5.69 Å². The molecule has 0 spiro atoms. The first-order valence-electron chi connectivity index (χ1n) is 8.19. The first-order chi connectivity index (χ1) is 12.6. The van der Waals surface area contributed by atoms with Gasteiger partial charge in [0, 0.05) is 29.7 Å². The Kier molecular flexibility index (Phi) is 6.45. The molecular weight excluding hydrogens is 370 g/mol. The van der Waals surface area contributed by atoms with Crippen molar-refractivity contribution in [1.82, 2.24) is 10.4 Å². The molecule has 1 heterocycles. The van der Waals surface area contributed by atoms with Gasteiger partial charge in [-0.1, -0.05) is 0 Å². The average Bonchev–Trinajstić information content (AvgIpc) is 3.01. The van der Waals surface area contributed by atoms with Crippen LogP contribution < -0.4 is 21.5 Å². The molecule has 1 aromatic carbocycles. The Morgan fingerprint density at radius 1 is 1.30 bits per heavy atom. The van der Waals surface area contributed by atoms with Crippen LogP contribution in [0.15, 0.2) is 29.6 Å². The third-order valence-electron chi connectivity index (χ3n) is 3.24. The van der Waals surface area contributed by atoms with Crippen LogP contribution in [-0.4, -0.2) is 34.4 Å². The van der Waals surface area contributed by atoms with Crippen molar-refractivity contribution in [2.45, 2.75) is 32.8 Å². The molecule has 0 saturated heterocycles. The monoisotopic (exact) mass is 393 g/mol. The Labute approximate surface area is 161 Å². The van der Waals surface area contributed by atoms with Crippen LogP contribution in [0.3, 0.4) is 0 Å². The Hall–Kier alpha value is -3.01. The minimum absolute atomic E-state index is 0.342. The van der Waals surface area contributed by atoms with Crippen molar-refractivity contribution in [2.24, 2.45) is 0 Å². The lowest BCUT2D eigenvalue weighted by atomic mass is 10.2. The number of anilines is 3. The molecule has 0 aliphatic heterocycles. The van der Waals surface area contributed by atoms with Gasteiger partial charge in [0.15, 0.2) is 0 Å². The van der Waals surface area contributed by atoms with Crippen molar-refractivity contribution >= 4 is 40.0 Å². The molecule has 0 aliphatic rings. The van der Waals surface area contributed by atoms with E-state index in [0.29, 0.717) is 29.5 Å². The summed E-state index contributed by atoms with van der Waals surface area (Å²) < 4.78 is 5.49. The van der Waals surface area contributed by atoms with Gasteiger partial charge < -0.3 is 15.6 Å². The van der Waals surface area contributed by atoms with Gasteiger partial charge in [-0.25, -0.2) is 20.0 Å². The van der Waals surface area contributed by atoms with Crippen molar-refractivity contribution in [3.05, 3.63) is 35.3 Å². The number of carbonyl (C=O) groups is 2. The number of carboxylic acid groups (broad SMARTS) is 1. The molecule has 0 saturated carbocycles. The zero-order valence-corrected chi connectivity index (χ0v) is 16.2. The van der Waals surface area contributed by atoms with Crippen LogP contribution >= 0.6 is 11.3 Å². The van der Waals surface area contributed by atoms with Crippen LogP contribution in [0.1, 0.15) is 26.5 Å². The highest BCUT2D eigenvalue weighted by molar-refractivity contribution is 7.13. The van der Waals surface area contributed by atoms with Gasteiger partial charge in [-0.3, -0.25) is 10.3 Å². The summed E-state index contributed by atoms with van der Waals surface area (Å²) >= 11 is 1.26. The van der Waals surface area contributed by atoms with Crippen LogP contribution in [0.4, 0.5) is 26.1 Å². The molecule has 2 aromatic rings. The van der Waals surface area contributed by atoms with E-state index in [0.717, 1.165) is 5.69 Å². The second kappa shape index (κ2) is 8.58. The second-order valence-corrected chi connectivity index (χ2v) is 7.53. The molecule has 10 heteroatoms. The van der Waals surface area contributed by atoms with E-state index in [1.54, 1.807) is 50.4 Å². The van der Waals surface area contributed by atoms with Gasteiger partial charge in [-0.2, -0.15) is 0 Å². The van der Waals surface area contributed by atoms with Gasteiger partial charge in [0.2, 0.25) is 5.13 Å². The van der Waals surface area contributed by atoms with E-state index in [4.69, 9.17) is 15.6 Å². The SMILES string of the molecule is CC(C)(C)OC(=O)N(CCc1csc(NNC(=O)O)n1)c1ccc(N)cc1. The topological polar surface area (TPSA) is 130 Å². The maximum atomic E-state index is 12.6. The summed E-state index contributed by atoms with van der Waals surface area (Å²) in [5.41, 5.74) is 11.6. The molecule has 27 heavy (non-hydrogen) atoms. The fourth-order valence-electron chi connectivity index (χ4n) is 2.11. The summed E-state index contributed by atoms with van der Waals surface area (Å²) in [7, 11) is 0. The summed E-state index contributed by atoms with van der Waals surface area (Å²) in [6, 6.07) is 6.94. The molecule has 5 N–H and O–H groups in total.